The number of nitrogens with zero attached hydrogens (tertiary/aromatic N) is 1. The summed E-state index contributed by atoms with van der Waals surface area (Å²) in [5.74, 6) is 1.30. The molecule has 0 saturated carbocycles. The van der Waals surface area contributed by atoms with Crippen molar-refractivity contribution in [2.75, 3.05) is 12.4 Å². The maximum absolute atomic E-state index is 12.5. The van der Waals surface area contributed by atoms with Crippen LogP contribution in [0, 0.1) is 0 Å². The number of hydrogen-bond acceptors (Lipinski definition) is 5. The van der Waals surface area contributed by atoms with Crippen LogP contribution in [0.5, 0.6) is 11.5 Å². The Balaban J connectivity index is 1.62. The fourth-order valence-electron chi connectivity index (χ4n) is 2.91. The van der Waals surface area contributed by atoms with E-state index in [0.29, 0.717) is 29.4 Å². The molecule has 1 N–H and O–H groups in total. The average molecular weight is 394 g/mol. The lowest BCUT2D eigenvalue weighted by atomic mass is 10.1. The number of benzene rings is 3. The minimum absolute atomic E-state index is 0.161. The molecule has 0 radical (unpaired) electrons. The maximum atomic E-state index is 12.5. The van der Waals surface area contributed by atoms with Crippen LogP contribution in [0.15, 0.2) is 82.1 Å². The van der Waals surface area contributed by atoms with Gasteiger partial charge in [-0.3, -0.25) is 0 Å². The van der Waals surface area contributed by atoms with Gasteiger partial charge in [-0.05, 0) is 35.9 Å². The van der Waals surface area contributed by atoms with E-state index in [1.165, 1.54) is 13.2 Å². The summed E-state index contributed by atoms with van der Waals surface area (Å²) in [6.45, 7) is 0.400. The smallest absolute Gasteiger partial charge is 0.286 e. The third-order valence-corrected chi connectivity index (χ3v) is 5.64. The molecule has 0 atom stereocenters. The second-order valence-electron chi connectivity index (χ2n) is 6.18. The Morgan fingerprint density at radius 1 is 0.929 bits per heavy atom. The van der Waals surface area contributed by atoms with Crippen molar-refractivity contribution in [1.29, 1.82) is 0 Å². The van der Waals surface area contributed by atoms with E-state index in [-0.39, 0.29) is 10.7 Å². The predicted octanol–water partition coefficient (Wildman–Crippen LogP) is 3.84. The molecule has 6 nitrogen and oxygen atoms in total. The molecule has 4 rings (SSSR count). The maximum Gasteiger partial charge on any atom is 0.286 e. The highest BCUT2D eigenvalue weighted by Crippen LogP contribution is 2.32. The number of sulfonamides is 1. The Morgan fingerprint density at radius 3 is 2.46 bits per heavy atom. The van der Waals surface area contributed by atoms with Crippen molar-refractivity contribution in [3.05, 3.63) is 83.9 Å². The van der Waals surface area contributed by atoms with Crippen LogP contribution < -0.4 is 14.8 Å². The summed E-state index contributed by atoms with van der Waals surface area (Å²) in [5, 5.41) is 3.07. The monoisotopic (exact) mass is 394 g/mol. The molecule has 0 aliphatic carbocycles. The van der Waals surface area contributed by atoms with E-state index in [1.54, 1.807) is 36.4 Å². The molecule has 3 aromatic rings. The first-order valence-electron chi connectivity index (χ1n) is 8.63. The molecule has 0 aromatic heterocycles. The highest BCUT2D eigenvalue weighted by atomic mass is 32.2. The lowest BCUT2D eigenvalue weighted by Gasteiger charge is -2.19. The average Bonchev–Trinajstić information content (AvgIpc) is 2.72. The summed E-state index contributed by atoms with van der Waals surface area (Å²) in [7, 11) is -2.22. The lowest BCUT2D eigenvalue weighted by molar-refractivity contribution is 0.284. The zero-order valence-corrected chi connectivity index (χ0v) is 15.9. The van der Waals surface area contributed by atoms with Gasteiger partial charge in [-0.1, -0.05) is 42.5 Å². The van der Waals surface area contributed by atoms with Crippen molar-refractivity contribution >= 4 is 21.5 Å². The first-order valence-corrected chi connectivity index (χ1v) is 10.1. The van der Waals surface area contributed by atoms with Gasteiger partial charge >= 0.3 is 0 Å². The van der Waals surface area contributed by atoms with Crippen molar-refractivity contribution in [3.8, 4) is 11.5 Å². The summed E-state index contributed by atoms with van der Waals surface area (Å²) in [6, 6.07) is 21.7. The highest BCUT2D eigenvalue weighted by molar-refractivity contribution is 7.90. The first-order chi connectivity index (χ1) is 13.6. The summed E-state index contributed by atoms with van der Waals surface area (Å²) in [6.07, 6.45) is 0. The van der Waals surface area contributed by atoms with Crippen LogP contribution in [0.3, 0.4) is 0 Å². The molecule has 0 spiro atoms. The zero-order chi connectivity index (χ0) is 19.6. The molecule has 0 bridgehead atoms. The number of para-hydroxylation sites is 1. The molecule has 0 fully saturated rings. The first kappa shape index (κ1) is 18.1. The number of rotatable bonds is 5. The molecular weight excluding hydrogens is 376 g/mol. The standard InChI is InChI=1S/C21H18N2O4S/c1-26-19-13-16(11-12-18(19)27-14-15-7-3-2-4-8-15)21-22-17-9-5-6-10-20(17)28(24,25)23-21/h2-13H,14H2,1H3,(H,22,23). The topological polar surface area (TPSA) is 77.0 Å². The second kappa shape index (κ2) is 7.36. The second-order valence-corrected chi connectivity index (χ2v) is 7.75. The third-order valence-electron chi connectivity index (χ3n) is 4.30. The van der Waals surface area contributed by atoms with Crippen LogP contribution in [0.25, 0.3) is 0 Å². The number of ether oxygens (including phenoxy) is 2. The normalized spacial score (nSPS) is 14.4. The Hall–Kier alpha value is -3.32. The summed E-state index contributed by atoms with van der Waals surface area (Å²) < 4.78 is 40.1. The van der Waals surface area contributed by atoms with Gasteiger partial charge in [-0.15, -0.1) is 4.40 Å². The van der Waals surface area contributed by atoms with Crippen molar-refractivity contribution in [1.82, 2.24) is 0 Å². The molecule has 142 valence electrons. The van der Waals surface area contributed by atoms with Gasteiger partial charge in [0.15, 0.2) is 17.3 Å². The molecule has 1 aliphatic rings. The molecule has 28 heavy (non-hydrogen) atoms. The predicted molar refractivity (Wildman–Crippen MR) is 108 cm³/mol. The summed E-state index contributed by atoms with van der Waals surface area (Å²) >= 11 is 0. The van der Waals surface area contributed by atoms with Crippen molar-refractivity contribution in [2.45, 2.75) is 11.5 Å². The number of hydrogen-bond donors (Lipinski definition) is 1. The van der Waals surface area contributed by atoms with Gasteiger partial charge in [0.05, 0.1) is 12.8 Å². The third kappa shape index (κ3) is 3.57. The van der Waals surface area contributed by atoms with Gasteiger partial charge in [-0.2, -0.15) is 8.42 Å². The Morgan fingerprint density at radius 2 is 1.68 bits per heavy atom. The van der Waals surface area contributed by atoms with Gasteiger partial charge in [0, 0.05) is 5.56 Å². The largest absolute Gasteiger partial charge is 0.493 e. The highest BCUT2D eigenvalue weighted by Gasteiger charge is 2.25. The quantitative estimate of drug-likeness (QED) is 0.712. The van der Waals surface area contributed by atoms with E-state index in [9.17, 15) is 8.42 Å². The van der Waals surface area contributed by atoms with Gasteiger partial charge in [0.1, 0.15) is 11.5 Å². The number of nitrogens with one attached hydrogen (secondary N) is 1. The molecule has 1 heterocycles. The Labute approximate surface area is 163 Å². The van der Waals surface area contributed by atoms with Crippen molar-refractivity contribution in [2.24, 2.45) is 4.40 Å². The van der Waals surface area contributed by atoms with Crippen LogP contribution in [-0.2, 0) is 16.6 Å². The zero-order valence-electron chi connectivity index (χ0n) is 15.1. The Kier molecular flexibility index (Phi) is 4.75. The fourth-order valence-corrected chi connectivity index (χ4v) is 4.05. The summed E-state index contributed by atoms with van der Waals surface area (Å²) in [5.41, 5.74) is 2.12. The van der Waals surface area contributed by atoms with E-state index in [2.05, 4.69) is 9.71 Å². The lowest BCUT2D eigenvalue weighted by Crippen LogP contribution is -2.22. The minimum atomic E-state index is -3.76. The number of anilines is 1. The number of fused-ring (bicyclic) bond motifs is 1. The Bertz CT molecular complexity index is 1140. The van der Waals surface area contributed by atoms with Crippen LogP contribution in [0.4, 0.5) is 5.69 Å². The van der Waals surface area contributed by atoms with Crippen LogP contribution in [0.1, 0.15) is 11.1 Å². The molecule has 1 aliphatic heterocycles. The minimum Gasteiger partial charge on any atom is -0.493 e. The number of methoxy groups -OCH3 is 1. The fraction of sp³-hybridized carbons (Fsp3) is 0.0952. The van der Waals surface area contributed by atoms with E-state index < -0.39 is 10.0 Å². The SMILES string of the molecule is COc1cc(C2=NS(=O)(=O)c3ccccc3N2)ccc1OCc1ccccc1. The van der Waals surface area contributed by atoms with Gasteiger partial charge in [-0.25, -0.2) is 0 Å². The van der Waals surface area contributed by atoms with E-state index >= 15 is 0 Å². The number of amidine groups is 1. The molecule has 7 heteroatoms. The van der Waals surface area contributed by atoms with E-state index in [0.717, 1.165) is 5.56 Å². The summed E-state index contributed by atoms with van der Waals surface area (Å²) in [4.78, 5) is 0.161. The molecule has 0 saturated heterocycles. The van der Waals surface area contributed by atoms with E-state index in [4.69, 9.17) is 9.47 Å². The molecule has 0 amide bonds. The van der Waals surface area contributed by atoms with Gasteiger partial charge < -0.3 is 14.8 Å². The van der Waals surface area contributed by atoms with Crippen LogP contribution in [-0.4, -0.2) is 21.4 Å². The molecular formula is C21H18N2O4S. The van der Waals surface area contributed by atoms with Gasteiger partial charge in [0.2, 0.25) is 0 Å². The van der Waals surface area contributed by atoms with E-state index in [1.807, 2.05) is 30.3 Å². The molecule has 3 aromatic carbocycles. The van der Waals surface area contributed by atoms with Gasteiger partial charge in [0.25, 0.3) is 10.0 Å². The molecule has 0 unspecified atom stereocenters. The van der Waals surface area contributed by atoms with Crippen molar-refractivity contribution in [3.63, 3.8) is 0 Å². The van der Waals surface area contributed by atoms with Crippen LogP contribution >= 0.6 is 0 Å². The van der Waals surface area contributed by atoms with Crippen molar-refractivity contribution < 1.29 is 17.9 Å². The van der Waals surface area contributed by atoms with Crippen LogP contribution in [0.2, 0.25) is 0 Å².